The predicted molar refractivity (Wildman–Crippen MR) is 89.0 cm³/mol. The first-order valence-electron chi connectivity index (χ1n) is 7.26. The number of rotatable bonds is 2. The van der Waals surface area contributed by atoms with Gasteiger partial charge >= 0.3 is 0 Å². The van der Waals surface area contributed by atoms with Crippen molar-refractivity contribution in [2.24, 2.45) is 0 Å². The van der Waals surface area contributed by atoms with Crippen LogP contribution in [0.5, 0.6) is 0 Å². The van der Waals surface area contributed by atoms with E-state index in [4.69, 9.17) is 0 Å². The second-order valence-electron chi connectivity index (χ2n) is 6.63. The summed E-state index contributed by atoms with van der Waals surface area (Å²) in [5.74, 6) is -0.0569. The fraction of sp³-hybridized carbons (Fsp3) is 0.316. The lowest BCUT2D eigenvalue weighted by Crippen LogP contribution is -2.18. The van der Waals surface area contributed by atoms with Crippen LogP contribution in [-0.2, 0) is 5.41 Å². The summed E-state index contributed by atoms with van der Waals surface area (Å²) < 4.78 is 0. The minimum absolute atomic E-state index is 0.00755. The van der Waals surface area contributed by atoms with Gasteiger partial charge in [-0.05, 0) is 43.0 Å². The summed E-state index contributed by atoms with van der Waals surface area (Å²) in [4.78, 5) is 12.5. The highest BCUT2D eigenvalue weighted by molar-refractivity contribution is 6.05. The summed E-state index contributed by atoms with van der Waals surface area (Å²) in [5, 5.41) is 3.05. The molecule has 0 spiro atoms. The topological polar surface area (TPSA) is 29.1 Å². The van der Waals surface area contributed by atoms with Crippen molar-refractivity contribution in [2.75, 3.05) is 5.32 Å². The highest BCUT2D eigenvalue weighted by Gasteiger charge is 2.19. The van der Waals surface area contributed by atoms with Gasteiger partial charge in [-0.1, -0.05) is 56.2 Å². The SMILES string of the molecule is Cc1cc(C)cc(C(=O)Nc2ccccc2C(C)(C)C)c1. The minimum Gasteiger partial charge on any atom is -0.322 e. The van der Waals surface area contributed by atoms with Crippen molar-refractivity contribution < 1.29 is 4.79 Å². The molecular weight excluding hydrogens is 258 g/mol. The monoisotopic (exact) mass is 281 g/mol. The van der Waals surface area contributed by atoms with Gasteiger partial charge in [0.15, 0.2) is 0 Å². The summed E-state index contributed by atoms with van der Waals surface area (Å²) >= 11 is 0. The molecule has 0 fully saturated rings. The second-order valence-corrected chi connectivity index (χ2v) is 6.63. The van der Waals surface area contributed by atoms with E-state index in [1.54, 1.807) is 0 Å². The quantitative estimate of drug-likeness (QED) is 0.837. The Morgan fingerprint density at radius 3 is 2.10 bits per heavy atom. The molecule has 2 heteroatoms. The number of amides is 1. The van der Waals surface area contributed by atoms with Gasteiger partial charge in [-0.15, -0.1) is 0 Å². The van der Waals surface area contributed by atoms with E-state index in [-0.39, 0.29) is 11.3 Å². The van der Waals surface area contributed by atoms with Gasteiger partial charge in [-0.2, -0.15) is 0 Å². The second kappa shape index (κ2) is 5.72. The first-order chi connectivity index (χ1) is 9.77. The highest BCUT2D eigenvalue weighted by Crippen LogP contribution is 2.29. The van der Waals surface area contributed by atoms with Gasteiger partial charge in [-0.3, -0.25) is 4.79 Å². The van der Waals surface area contributed by atoms with E-state index in [0.717, 1.165) is 22.4 Å². The van der Waals surface area contributed by atoms with Gasteiger partial charge < -0.3 is 5.32 Å². The molecule has 110 valence electrons. The van der Waals surface area contributed by atoms with E-state index < -0.39 is 0 Å². The van der Waals surface area contributed by atoms with Crippen molar-refractivity contribution in [3.05, 3.63) is 64.7 Å². The summed E-state index contributed by atoms with van der Waals surface area (Å²) in [7, 11) is 0. The first-order valence-corrected chi connectivity index (χ1v) is 7.26. The molecule has 21 heavy (non-hydrogen) atoms. The van der Waals surface area contributed by atoms with E-state index in [1.165, 1.54) is 0 Å². The minimum atomic E-state index is -0.0569. The summed E-state index contributed by atoms with van der Waals surface area (Å²) in [6.45, 7) is 10.5. The zero-order valence-corrected chi connectivity index (χ0v) is 13.4. The van der Waals surface area contributed by atoms with E-state index in [0.29, 0.717) is 5.56 Å². The Hall–Kier alpha value is -2.09. The maximum atomic E-state index is 12.5. The highest BCUT2D eigenvalue weighted by atomic mass is 16.1. The molecule has 2 aromatic rings. The molecule has 0 saturated carbocycles. The Labute approximate surface area is 127 Å². The number of hydrogen-bond donors (Lipinski definition) is 1. The Bertz CT molecular complexity index is 645. The van der Waals surface area contributed by atoms with Crippen molar-refractivity contribution in [1.29, 1.82) is 0 Å². The third kappa shape index (κ3) is 3.72. The molecule has 0 aliphatic heterocycles. The Kier molecular flexibility index (Phi) is 4.17. The summed E-state index contributed by atoms with van der Waals surface area (Å²) in [6, 6.07) is 13.9. The van der Waals surface area contributed by atoms with Crippen LogP contribution in [0.1, 0.15) is 47.8 Å². The average Bonchev–Trinajstić information content (AvgIpc) is 2.37. The van der Waals surface area contributed by atoms with Crippen LogP contribution in [0.25, 0.3) is 0 Å². The van der Waals surface area contributed by atoms with Gasteiger partial charge in [0.05, 0.1) is 0 Å². The van der Waals surface area contributed by atoms with Crippen molar-refractivity contribution >= 4 is 11.6 Å². The molecule has 0 heterocycles. The van der Waals surface area contributed by atoms with Crippen molar-refractivity contribution in [3.8, 4) is 0 Å². The molecule has 0 atom stereocenters. The number of anilines is 1. The van der Waals surface area contributed by atoms with Crippen LogP contribution in [0.3, 0.4) is 0 Å². The van der Waals surface area contributed by atoms with E-state index in [1.807, 2.05) is 44.2 Å². The Morgan fingerprint density at radius 1 is 0.952 bits per heavy atom. The van der Waals surface area contributed by atoms with Gasteiger partial charge in [-0.25, -0.2) is 0 Å². The van der Waals surface area contributed by atoms with Crippen LogP contribution in [0.4, 0.5) is 5.69 Å². The van der Waals surface area contributed by atoms with Crippen LogP contribution >= 0.6 is 0 Å². The third-order valence-electron chi connectivity index (χ3n) is 3.47. The summed E-state index contributed by atoms with van der Waals surface area (Å²) in [5.41, 5.74) is 4.92. The average molecular weight is 281 g/mol. The molecule has 0 radical (unpaired) electrons. The standard InChI is InChI=1S/C19H23NO/c1-13-10-14(2)12-15(11-13)18(21)20-17-9-7-6-8-16(17)19(3,4)5/h6-12H,1-5H3,(H,20,21). The van der Waals surface area contributed by atoms with Crippen molar-refractivity contribution in [3.63, 3.8) is 0 Å². The zero-order valence-electron chi connectivity index (χ0n) is 13.4. The first kappa shape index (κ1) is 15.3. The van der Waals surface area contributed by atoms with Crippen LogP contribution in [-0.4, -0.2) is 5.91 Å². The zero-order chi connectivity index (χ0) is 15.6. The fourth-order valence-corrected chi connectivity index (χ4v) is 2.55. The molecule has 0 aliphatic carbocycles. The van der Waals surface area contributed by atoms with Crippen LogP contribution in [0.15, 0.2) is 42.5 Å². The van der Waals surface area contributed by atoms with E-state index in [9.17, 15) is 4.79 Å². The largest absolute Gasteiger partial charge is 0.322 e. The molecule has 1 amide bonds. The smallest absolute Gasteiger partial charge is 0.255 e. The van der Waals surface area contributed by atoms with Crippen LogP contribution in [0.2, 0.25) is 0 Å². The third-order valence-corrected chi connectivity index (χ3v) is 3.47. The molecule has 2 nitrogen and oxygen atoms in total. The van der Waals surface area contributed by atoms with Crippen LogP contribution in [0, 0.1) is 13.8 Å². The molecule has 2 aromatic carbocycles. The molecule has 0 bridgehead atoms. The predicted octanol–water partition coefficient (Wildman–Crippen LogP) is 4.85. The maximum absolute atomic E-state index is 12.5. The maximum Gasteiger partial charge on any atom is 0.255 e. The lowest BCUT2D eigenvalue weighted by molar-refractivity contribution is 0.102. The molecular formula is C19H23NO. The lowest BCUT2D eigenvalue weighted by Gasteiger charge is -2.23. The normalized spacial score (nSPS) is 11.3. The van der Waals surface area contributed by atoms with Gasteiger partial charge in [0, 0.05) is 11.3 Å². The molecule has 0 aromatic heterocycles. The van der Waals surface area contributed by atoms with Gasteiger partial charge in [0.25, 0.3) is 5.91 Å². The van der Waals surface area contributed by atoms with E-state index in [2.05, 4.69) is 38.2 Å². The van der Waals surface area contributed by atoms with Crippen LogP contribution < -0.4 is 5.32 Å². The number of carbonyl (C=O) groups excluding carboxylic acids is 1. The van der Waals surface area contributed by atoms with Gasteiger partial charge in [0.2, 0.25) is 0 Å². The van der Waals surface area contributed by atoms with E-state index >= 15 is 0 Å². The number of nitrogens with one attached hydrogen (secondary N) is 1. The number of aryl methyl sites for hydroxylation is 2. The number of para-hydroxylation sites is 1. The Morgan fingerprint density at radius 2 is 1.52 bits per heavy atom. The lowest BCUT2D eigenvalue weighted by atomic mass is 9.86. The van der Waals surface area contributed by atoms with Crippen molar-refractivity contribution in [2.45, 2.75) is 40.0 Å². The molecule has 0 unspecified atom stereocenters. The van der Waals surface area contributed by atoms with Crippen molar-refractivity contribution in [1.82, 2.24) is 0 Å². The molecule has 0 aliphatic rings. The number of hydrogen-bond acceptors (Lipinski definition) is 1. The molecule has 0 saturated heterocycles. The number of benzene rings is 2. The summed E-state index contributed by atoms with van der Waals surface area (Å²) in [6.07, 6.45) is 0. The Balaban J connectivity index is 2.32. The van der Waals surface area contributed by atoms with Gasteiger partial charge in [0.1, 0.15) is 0 Å². The number of carbonyl (C=O) groups is 1. The molecule has 1 N–H and O–H groups in total. The molecule has 2 rings (SSSR count). The fourth-order valence-electron chi connectivity index (χ4n) is 2.55.